The van der Waals surface area contributed by atoms with E-state index in [1.165, 1.54) is 0 Å². The third-order valence-electron chi connectivity index (χ3n) is 4.13. The number of carbonyl (C=O) groups is 1. The van der Waals surface area contributed by atoms with Crippen molar-refractivity contribution in [1.29, 1.82) is 0 Å². The highest BCUT2D eigenvalue weighted by Gasteiger charge is 2.16. The van der Waals surface area contributed by atoms with Gasteiger partial charge in [-0.2, -0.15) is 0 Å². The number of hydrogen-bond acceptors (Lipinski definition) is 4. The van der Waals surface area contributed by atoms with E-state index in [2.05, 4.69) is 18.7 Å². The molecule has 1 heterocycles. The van der Waals surface area contributed by atoms with E-state index in [-0.39, 0.29) is 11.3 Å². The van der Waals surface area contributed by atoms with Gasteiger partial charge in [0, 0.05) is 35.8 Å². The summed E-state index contributed by atoms with van der Waals surface area (Å²) in [5, 5.41) is 0.741. The molecule has 4 nitrogen and oxygen atoms in total. The van der Waals surface area contributed by atoms with E-state index >= 15 is 0 Å². The number of fused-ring (bicyclic) bond motifs is 1. The van der Waals surface area contributed by atoms with Gasteiger partial charge in [0.2, 0.25) is 0 Å². The Morgan fingerprint density at radius 2 is 1.71 bits per heavy atom. The molecule has 0 aliphatic rings. The SMILES string of the molecule is CCN(CC)c1ccc2cc(C(=O)c3ccccc3)c(=O)oc2c1. The van der Waals surface area contributed by atoms with Crippen LogP contribution in [0.5, 0.6) is 0 Å². The molecule has 0 amide bonds. The lowest BCUT2D eigenvalue weighted by Crippen LogP contribution is -2.21. The van der Waals surface area contributed by atoms with E-state index in [0.717, 1.165) is 24.2 Å². The molecule has 1 aromatic heterocycles. The smallest absolute Gasteiger partial charge is 0.347 e. The molecular weight excluding hydrogens is 302 g/mol. The van der Waals surface area contributed by atoms with Crippen LogP contribution in [0.25, 0.3) is 11.0 Å². The Labute approximate surface area is 140 Å². The molecule has 3 aromatic rings. The summed E-state index contributed by atoms with van der Waals surface area (Å²) in [6.07, 6.45) is 0. The van der Waals surface area contributed by atoms with Crippen LogP contribution in [0.4, 0.5) is 5.69 Å². The number of ketones is 1. The van der Waals surface area contributed by atoms with Gasteiger partial charge in [-0.1, -0.05) is 30.3 Å². The number of benzene rings is 2. The average Bonchev–Trinajstić information content (AvgIpc) is 2.62. The zero-order valence-corrected chi connectivity index (χ0v) is 13.8. The second-order valence-corrected chi connectivity index (χ2v) is 5.54. The number of anilines is 1. The Kier molecular flexibility index (Phi) is 4.47. The van der Waals surface area contributed by atoms with E-state index in [9.17, 15) is 9.59 Å². The summed E-state index contributed by atoms with van der Waals surface area (Å²) >= 11 is 0. The third-order valence-corrected chi connectivity index (χ3v) is 4.13. The van der Waals surface area contributed by atoms with Crippen LogP contribution in [-0.4, -0.2) is 18.9 Å². The van der Waals surface area contributed by atoms with Crippen molar-refractivity contribution in [3.63, 3.8) is 0 Å². The molecular formula is C20H19NO3. The predicted molar refractivity (Wildman–Crippen MR) is 95.9 cm³/mol. The number of nitrogens with zero attached hydrogens (tertiary/aromatic N) is 1. The topological polar surface area (TPSA) is 50.5 Å². The maximum atomic E-state index is 12.5. The minimum atomic E-state index is -0.604. The molecule has 0 spiro atoms. The van der Waals surface area contributed by atoms with Crippen LogP contribution in [-0.2, 0) is 0 Å². The highest BCUT2D eigenvalue weighted by Crippen LogP contribution is 2.22. The van der Waals surface area contributed by atoms with Gasteiger partial charge in [-0.15, -0.1) is 0 Å². The highest BCUT2D eigenvalue weighted by molar-refractivity contribution is 6.09. The number of rotatable bonds is 5. The average molecular weight is 321 g/mol. The summed E-state index contributed by atoms with van der Waals surface area (Å²) in [6.45, 7) is 5.89. The molecule has 0 aliphatic heterocycles. The van der Waals surface area contributed by atoms with Gasteiger partial charge in [0.05, 0.1) is 0 Å². The molecule has 0 saturated carbocycles. The van der Waals surface area contributed by atoms with Crippen LogP contribution < -0.4 is 10.5 Å². The van der Waals surface area contributed by atoms with Gasteiger partial charge in [0.1, 0.15) is 11.1 Å². The van der Waals surface area contributed by atoms with Crippen LogP contribution in [0.3, 0.4) is 0 Å². The monoisotopic (exact) mass is 321 g/mol. The predicted octanol–water partition coefficient (Wildman–Crippen LogP) is 3.87. The summed E-state index contributed by atoms with van der Waals surface area (Å²) < 4.78 is 5.41. The second-order valence-electron chi connectivity index (χ2n) is 5.54. The van der Waals surface area contributed by atoms with Gasteiger partial charge in [-0.3, -0.25) is 4.79 Å². The molecule has 0 unspecified atom stereocenters. The Bertz CT molecular complexity index is 925. The lowest BCUT2D eigenvalue weighted by molar-refractivity contribution is 0.103. The van der Waals surface area contributed by atoms with E-state index in [1.807, 2.05) is 24.3 Å². The Morgan fingerprint density at radius 3 is 2.38 bits per heavy atom. The van der Waals surface area contributed by atoms with Gasteiger partial charge in [-0.25, -0.2) is 4.79 Å². The second kappa shape index (κ2) is 6.71. The molecule has 0 bridgehead atoms. The van der Waals surface area contributed by atoms with Crippen molar-refractivity contribution >= 4 is 22.4 Å². The molecule has 0 atom stereocenters. The molecule has 4 heteroatoms. The van der Waals surface area contributed by atoms with Crippen molar-refractivity contribution in [3.05, 3.63) is 76.1 Å². The molecule has 0 aliphatic carbocycles. The molecule has 3 rings (SSSR count). The minimum absolute atomic E-state index is 0.0595. The summed E-state index contributed by atoms with van der Waals surface area (Å²) in [5.41, 5.74) is 1.42. The first-order valence-corrected chi connectivity index (χ1v) is 8.06. The Morgan fingerprint density at radius 1 is 1.00 bits per heavy atom. The van der Waals surface area contributed by atoms with Gasteiger partial charge in [0.25, 0.3) is 0 Å². The van der Waals surface area contributed by atoms with E-state index in [1.54, 1.807) is 30.3 Å². The van der Waals surface area contributed by atoms with E-state index in [0.29, 0.717) is 11.1 Å². The lowest BCUT2D eigenvalue weighted by Gasteiger charge is -2.20. The fourth-order valence-electron chi connectivity index (χ4n) is 2.79. The van der Waals surface area contributed by atoms with Gasteiger partial charge in [-0.05, 0) is 32.0 Å². The quantitative estimate of drug-likeness (QED) is 0.529. The molecule has 24 heavy (non-hydrogen) atoms. The number of hydrogen-bond donors (Lipinski definition) is 0. The van der Waals surface area contributed by atoms with Crippen LogP contribution >= 0.6 is 0 Å². The maximum Gasteiger partial charge on any atom is 0.347 e. The lowest BCUT2D eigenvalue weighted by atomic mass is 10.0. The maximum absolute atomic E-state index is 12.5. The minimum Gasteiger partial charge on any atom is -0.422 e. The van der Waals surface area contributed by atoms with Gasteiger partial charge < -0.3 is 9.32 Å². The molecule has 0 radical (unpaired) electrons. The van der Waals surface area contributed by atoms with Gasteiger partial charge in [0.15, 0.2) is 5.78 Å². The zero-order chi connectivity index (χ0) is 17.1. The summed E-state index contributed by atoms with van der Waals surface area (Å²) in [4.78, 5) is 26.9. The van der Waals surface area contributed by atoms with Crippen LogP contribution in [0.15, 0.2) is 63.8 Å². The zero-order valence-electron chi connectivity index (χ0n) is 13.8. The largest absolute Gasteiger partial charge is 0.422 e. The molecule has 0 fully saturated rings. The molecule has 122 valence electrons. The standard InChI is InChI=1S/C20H19NO3/c1-3-21(4-2)16-11-10-15-12-17(20(23)24-18(15)13-16)19(22)14-8-6-5-7-9-14/h5-13H,3-4H2,1-2H3. The first-order chi connectivity index (χ1) is 11.6. The fourth-order valence-corrected chi connectivity index (χ4v) is 2.79. The van der Waals surface area contributed by atoms with Crippen molar-refractivity contribution in [2.75, 3.05) is 18.0 Å². The Balaban J connectivity index is 2.07. The van der Waals surface area contributed by atoms with Crippen LogP contribution in [0.1, 0.15) is 29.8 Å². The van der Waals surface area contributed by atoms with E-state index < -0.39 is 5.63 Å². The fraction of sp³-hybridized carbons (Fsp3) is 0.200. The van der Waals surface area contributed by atoms with Crippen LogP contribution in [0.2, 0.25) is 0 Å². The molecule has 0 N–H and O–H groups in total. The first-order valence-electron chi connectivity index (χ1n) is 8.06. The van der Waals surface area contributed by atoms with E-state index in [4.69, 9.17) is 4.42 Å². The highest BCUT2D eigenvalue weighted by atomic mass is 16.4. The van der Waals surface area contributed by atoms with Crippen molar-refractivity contribution in [2.24, 2.45) is 0 Å². The summed E-state index contributed by atoms with van der Waals surface area (Å²) in [6, 6.07) is 16.1. The Hall–Kier alpha value is -2.88. The third kappa shape index (κ3) is 2.95. The van der Waals surface area contributed by atoms with Crippen molar-refractivity contribution in [1.82, 2.24) is 0 Å². The number of carbonyl (C=O) groups excluding carboxylic acids is 1. The first kappa shape index (κ1) is 16.0. The summed E-state index contributed by atoms with van der Waals surface area (Å²) in [7, 11) is 0. The van der Waals surface area contributed by atoms with Crippen LogP contribution in [0, 0.1) is 0 Å². The van der Waals surface area contributed by atoms with Crippen molar-refractivity contribution in [3.8, 4) is 0 Å². The molecule has 0 saturated heterocycles. The summed E-state index contributed by atoms with van der Waals surface area (Å²) in [5.74, 6) is -0.320. The normalized spacial score (nSPS) is 10.8. The molecule has 2 aromatic carbocycles. The van der Waals surface area contributed by atoms with Crippen molar-refractivity contribution in [2.45, 2.75) is 13.8 Å². The van der Waals surface area contributed by atoms with Gasteiger partial charge >= 0.3 is 5.63 Å². The van der Waals surface area contributed by atoms with Crippen molar-refractivity contribution < 1.29 is 9.21 Å².